The predicted octanol–water partition coefficient (Wildman–Crippen LogP) is 1.88. The van der Waals surface area contributed by atoms with Crippen molar-refractivity contribution < 1.29 is 23.9 Å². The molecule has 0 unspecified atom stereocenters. The van der Waals surface area contributed by atoms with Crippen LogP contribution in [0.25, 0.3) is 0 Å². The van der Waals surface area contributed by atoms with Crippen LogP contribution in [-0.2, 0) is 14.3 Å². The normalized spacial score (nSPS) is 10.8. The molecule has 138 valence electrons. The van der Waals surface area contributed by atoms with E-state index in [2.05, 4.69) is 5.32 Å². The molecular formula is C17H23ClN2O5. The Labute approximate surface area is 152 Å². The zero-order valence-corrected chi connectivity index (χ0v) is 15.8. The molecule has 25 heavy (non-hydrogen) atoms. The van der Waals surface area contributed by atoms with Crippen LogP contribution in [0.3, 0.4) is 0 Å². The summed E-state index contributed by atoms with van der Waals surface area (Å²) in [5, 5.41) is 3.09. The summed E-state index contributed by atoms with van der Waals surface area (Å²) in [6.45, 7) is 4.90. The second-order valence-corrected chi connectivity index (χ2v) is 6.91. The number of likely N-dealkylation sites (N-methyl/N-ethyl adjacent to an activating group) is 1. The fourth-order valence-electron chi connectivity index (χ4n) is 1.92. The average molecular weight is 371 g/mol. The molecule has 0 aliphatic carbocycles. The second-order valence-electron chi connectivity index (χ2n) is 6.47. The van der Waals surface area contributed by atoms with Gasteiger partial charge in [-0.05, 0) is 39.0 Å². The lowest BCUT2D eigenvalue weighted by Crippen LogP contribution is -2.46. The second kappa shape index (κ2) is 8.71. The van der Waals surface area contributed by atoms with Crippen LogP contribution in [0.5, 0.6) is 5.75 Å². The third-order valence-corrected chi connectivity index (χ3v) is 3.26. The van der Waals surface area contributed by atoms with Crippen LogP contribution in [0.1, 0.15) is 31.1 Å². The van der Waals surface area contributed by atoms with Crippen molar-refractivity contribution in [2.45, 2.75) is 26.3 Å². The van der Waals surface area contributed by atoms with Crippen molar-refractivity contribution >= 4 is 29.4 Å². The number of nitrogens with one attached hydrogen (secondary N) is 1. The number of hydrogen-bond donors (Lipinski definition) is 1. The molecule has 1 aromatic carbocycles. The van der Waals surface area contributed by atoms with E-state index in [4.69, 9.17) is 21.1 Å². The first kappa shape index (κ1) is 20.8. The van der Waals surface area contributed by atoms with Gasteiger partial charge in [-0.1, -0.05) is 11.6 Å². The molecule has 0 saturated heterocycles. The summed E-state index contributed by atoms with van der Waals surface area (Å²) in [6.07, 6.45) is 0. The quantitative estimate of drug-likeness (QED) is 0.773. The molecule has 0 saturated carbocycles. The molecule has 1 rings (SSSR count). The number of esters is 1. The highest BCUT2D eigenvalue weighted by molar-refractivity contribution is 6.31. The van der Waals surface area contributed by atoms with Gasteiger partial charge in [0.1, 0.15) is 11.3 Å². The van der Waals surface area contributed by atoms with Gasteiger partial charge in [0.15, 0.2) is 6.61 Å². The lowest BCUT2D eigenvalue weighted by molar-refractivity contribution is -0.137. The summed E-state index contributed by atoms with van der Waals surface area (Å²) in [5.41, 5.74) is -0.271. The topological polar surface area (TPSA) is 84.9 Å². The molecule has 0 fully saturated rings. The number of hydrogen-bond acceptors (Lipinski definition) is 5. The van der Waals surface area contributed by atoms with Crippen LogP contribution in [0, 0.1) is 0 Å². The Bertz CT molecular complexity index is 655. The molecule has 0 aliphatic heterocycles. The van der Waals surface area contributed by atoms with Gasteiger partial charge in [-0.2, -0.15) is 0 Å². The number of methoxy groups -OCH3 is 1. The minimum atomic E-state index is -0.736. The van der Waals surface area contributed by atoms with Crippen LogP contribution >= 0.6 is 11.6 Å². The summed E-state index contributed by atoms with van der Waals surface area (Å²) in [4.78, 5) is 37.1. The lowest BCUT2D eigenvalue weighted by Gasteiger charge is -2.23. The van der Waals surface area contributed by atoms with E-state index in [0.717, 1.165) is 0 Å². The Hall–Kier alpha value is -2.28. The Morgan fingerprint density at radius 2 is 1.88 bits per heavy atom. The standard InChI is InChI=1S/C17H23ClN2O5/c1-17(2,3)19-14(21)9-20(4)15(22)10-25-16(23)12-8-11(18)6-7-13(12)24-5/h6-8H,9-10H2,1-5H3,(H,19,21). The molecule has 7 nitrogen and oxygen atoms in total. The van der Waals surface area contributed by atoms with E-state index < -0.39 is 24.0 Å². The fourth-order valence-corrected chi connectivity index (χ4v) is 2.09. The third kappa shape index (κ3) is 7.01. The number of carbonyl (C=O) groups is 3. The third-order valence-electron chi connectivity index (χ3n) is 3.03. The molecule has 1 aromatic rings. The van der Waals surface area contributed by atoms with E-state index in [1.54, 1.807) is 6.07 Å². The molecule has 0 heterocycles. The summed E-state index contributed by atoms with van der Waals surface area (Å²) in [6, 6.07) is 4.50. The number of benzene rings is 1. The number of carbonyl (C=O) groups excluding carboxylic acids is 3. The van der Waals surface area contributed by atoms with Gasteiger partial charge < -0.3 is 19.7 Å². The average Bonchev–Trinajstić information content (AvgIpc) is 2.50. The van der Waals surface area contributed by atoms with Crippen molar-refractivity contribution in [2.75, 3.05) is 27.3 Å². The molecule has 2 amide bonds. The maximum atomic E-state index is 12.1. The number of amides is 2. The Morgan fingerprint density at radius 3 is 2.44 bits per heavy atom. The highest BCUT2D eigenvalue weighted by Crippen LogP contribution is 2.23. The van der Waals surface area contributed by atoms with E-state index in [9.17, 15) is 14.4 Å². The largest absolute Gasteiger partial charge is 0.496 e. The van der Waals surface area contributed by atoms with Crippen LogP contribution in [0.4, 0.5) is 0 Å². The van der Waals surface area contributed by atoms with Gasteiger partial charge >= 0.3 is 5.97 Å². The Morgan fingerprint density at radius 1 is 1.24 bits per heavy atom. The molecular weight excluding hydrogens is 348 g/mol. The number of rotatable bonds is 6. The molecule has 0 spiro atoms. The minimum Gasteiger partial charge on any atom is -0.496 e. The zero-order chi connectivity index (χ0) is 19.2. The smallest absolute Gasteiger partial charge is 0.342 e. The van der Waals surface area contributed by atoms with E-state index in [-0.39, 0.29) is 18.0 Å². The first-order valence-electron chi connectivity index (χ1n) is 7.59. The first-order chi connectivity index (χ1) is 11.5. The van der Waals surface area contributed by atoms with Crippen molar-refractivity contribution in [2.24, 2.45) is 0 Å². The predicted molar refractivity (Wildman–Crippen MR) is 93.8 cm³/mol. The van der Waals surface area contributed by atoms with Crippen molar-refractivity contribution in [3.63, 3.8) is 0 Å². The molecule has 8 heteroatoms. The van der Waals surface area contributed by atoms with Crippen LogP contribution < -0.4 is 10.1 Å². The monoisotopic (exact) mass is 370 g/mol. The zero-order valence-electron chi connectivity index (χ0n) is 15.0. The van der Waals surface area contributed by atoms with E-state index in [0.29, 0.717) is 10.8 Å². The highest BCUT2D eigenvalue weighted by atomic mass is 35.5. The van der Waals surface area contributed by atoms with Gasteiger partial charge in [0.2, 0.25) is 5.91 Å². The Kier molecular flexibility index (Phi) is 7.23. The van der Waals surface area contributed by atoms with Crippen LogP contribution in [-0.4, -0.2) is 55.5 Å². The summed E-state index contributed by atoms with van der Waals surface area (Å²) in [5.74, 6) is -1.25. The van der Waals surface area contributed by atoms with E-state index in [1.165, 1.54) is 31.2 Å². The van der Waals surface area contributed by atoms with Gasteiger partial charge in [0.05, 0.1) is 13.7 Å². The summed E-state index contributed by atoms with van der Waals surface area (Å²) >= 11 is 5.86. The van der Waals surface area contributed by atoms with Gasteiger partial charge in [0.25, 0.3) is 5.91 Å². The lowest BCUT2D eigenvalue weighted by atomic mass is 10.1. The van der Waals surface area contributed by atoms with Crippen LogP contribution in [0.15, 0.2) is 18.2 Å². The van der Waals surface area contributed by atoms with Gasteiger partial charge in [0, 0.05) is 17.6 Å². The number of halogens is 1. The SMILES string of the molecule is COc1ccc(Cl)cc1C(=O)OCC(=O)N(C)CC(=O)NC(C)(C)C. The van der Waals surface area contributed by atoms with Crippen molar-refractivity contribution in [3.05, 3.63) is 28.8 Å². The maximum Gasteiger partial charge on any atom is 0.342 e. The van der Waals surface area contributed by atoms with Crippen molar-refractivity contribution in [1.29, 1.82) is 0 Å². The molecule has 0 aromatic heterocycles. The highest BCUT2D eigenvalue weighted by Gasteiger charge is 2.20. The van der Waals surface area contributed by atoms with Gasteiger partial charge in [-0.25, -0.2) is 4.79 Å². The Balaban J connectivity index is 2.60. The maximum absolute atomic E-state index is 12.1. The van der Waals surface area contributed by atoms with Crippen LogP contribution in [0.2, 0.25) is 5.02 Å². The molecule has 1 N–H and O–H groups in total. The minimum absolute atomic E-state index is 0.121. The van der Waals surface area contributed by atoms with Crippen molar-refractivity contribution in [1.82, 2.24) is 10.2 Å². The fraction of sp³-hybridized carbons (Fsp3) is 0.471. The molecule has 0 radical (unpaired) electrons. The first-order valence-corrected chi connectivity index (χ1v) is 7.97. The van der Waals surface area contributed by atoms with Gasteiger partial charge in [-0.3, -0.25) is 9.59 Å². The van der Waals surface area contributed by atoms with E-state index in [1.807, 2.05) is 20.8 Å². The summed E-state index contributed by atoms with van der Waals surface area (Å²) < 4.78 is 10.1. The van der Waals surface area contributed by atoms with E-state index >= 15 is 0 Å². The molecule has 0 aliphatic rings. The molecule has 0 atom stereocenters. The van der Waals surface area contributed by atoms with Gasteiger partial charge in [-0.15, -0.1) is 0 Å². The number of ether oxygens (including phenoxy) is 2. The molecule has 0 bridgehead atoms. The van der Waals surface area contributed by atoms with Crippen molar-refractivity contribution in [3.8, 4) is 5.75 Å². The number of nitrogens with zero attached hydrogens (tertiary/aromatic N) is 1. The summed E-state index contributed by atoms with van der Waals surface area (Å²) in [7, 11) is 2.87.